The third-order valence-electron chi connectivity index (χ3n) is 5.22. The first-order valence-corrected chi connectivity index (χ1v) is 8.93. The standard InChI is InChI=1S/C18H25N3O3/c22-17(21-11-7-18(8-12-21)23-13-14-24-18)19-15-3-5-16(6-4-15)20-9-1-2-10-20/h3-6H,1-2,7-14H2,(H,19,22). The van der Waals surface area contributed by atoms with Gasteiger partial charge in [-0.05, 0) is 37.1 Å². The maximum atomic E-state index is 12.4. The highest BCUT2D eigenvalue weighted by Crippen LogP contribution is 2.31. The van der Waals surface area contributed by atoms with E-state index in [9.17, 15) is 4.79 Å². The highest BCUT2D eigenvalue weighted by molar-refractivity contribution is 5.89. The maximum Gasteiger partial charge on any atom is 0.321 e. The van der Waals surface area contributed by atoms with Crippen LogP contribution in [0.25, 0.3) is 0 Å². The number of carbonyl (C=O) groups excluding carboxylic acids is 1. The number of likely N-dealkylation sites (tertiary alicyclic amines) is 1. The van der Waals surface area contributed by atoms with Crippen molar-refractivity contribution in [3.05, 3.63) is 24.3 Å². The highest BCUT2D eigenvalue weighted by Gasteiger charge is 2.40. The van der Waals surface area contributed by atoms with Gasteiger partial charge in [-0.1, -0.05) is 0 Å². The smallest absolute Gasteiger partial charge is 0.321 e. The Bertz CT molecular complexity index is 568. The number of amides is 2. The minimum Gasteiger partial charge on any atom is -0.372 e. The maximum absolute atomic E-state index is 12.4. The molecule has 1 aromatic carbocycles. The number of nitrogens with zero attached hydrogens (tertiary/aromatic N) is 2. The molecule has 3 aliphatic rings. The molecular weight excluding hydrogens is 306 g/mol. The van der Waals surface area contributed by atoms with Crippen LogP contribution < -0.4 is 10.2 Å². The van der Waals surface area contributed by atoms with Crippen molar-refractivity contribution < 1.29 is 14.3 Å². The Morgan fingerprint density at radius 3 is 2.21 bits per heavy atom. The van der Waals surface area contributed by atoms with Crippen molar-refractivity contribution in [1.29, 1.82) is 0 Å². The van der Waals surface area contributed by atoms with Crippen molar-refractivity contribution in [2.75, 3.05) is 49.6 Å². The average molecular weight is 331 g/mol. The lowest BCUT2D eigenvalue weighted by Gasteiger charge is -2.37. The molecule has 3 saturated heterocycles. The molecule has 24 heavy (non-hydrogen) atoms. The molecule has 3 aliphatic heterocycles. The number of piperidine rings is 1. The van der Waals surface area contributed by atoms with E-state index in [4.69, 9.17) is 9.47 Å². The number of benzene rings is 1. The summed E-state index contributed by atoms with van der Waals surface area (Å²) in [6, 6.07) is 8.11. The third-order valence-corrected chi connectivity index (χ3v) is 5.22. The summed E-state index contributed by atoms with van der Waals surface area (Å²) in [5.74, 6) is -0.436. The molecule has 0 unspecified atom stereocenters. The minimum atomic E-state index is -0.436. The Morgan fingerprint density at radius 1 is 0.958 bits per heavy atom. The number of urea groups is 1. The molecular formula is C18H25N3O3. The first-order valence-electron chi connectivity index (χ1n) is 8.93. The van der Waals surface area contributed by atoms with Gasteiger partial charge < -0.3 is 24.6 Å². The first-order chi connectivity index (χ1) is 11.7. The second kappa shape index (κ2) is 6.61. The largest absolute Gasteiger partial charge is 0.372 e. The number of carbonyl (C=O) groups is 1. The molecule has 2 amide bonds. The summed E-state index contributed by atoms with van der Waals surface area (Å²) >= 11 is 0. The molecule has 0 saturated carbocycles. The molecule has 0 radical (unpaired) electrons. The molecule has 0 atom stereocenters. The van der Waals surface area contributed by atoms with Crippen LogP contribution >= 0.6 is 0 Å². The second-order valence-corrected chi connectivity index (χ2v) is 6.77. The zero-order valence-electron chi connectivity index (χ0n) is 14.0. The number of hydrogen-bond acceptors (Lipinski definition) is 4. The molecule has 1 N–H and O–H groups in total. The van der Waals surface area contributed by atoms with Crippen LogP contribution in [0.2, 0.25) is 0 Å². The van der Waals surface area contributed by atoms with E-state index in [2.05, 4.69) is 22.3 Å². The number of anilines is 2. The van der Waals surface area contributed by atoms with Crippen LogP contribution in [0.5, 0.6) is 0 Å². The molecule has 6 heteroatoms. The molecule has 6 nitrogen and oxygen atoms in total. The zero-order chi connectivity index (χ0) is 16.4. The van der Waals surface area contributed by atoms with Crippen molar-refractivity contribution in [1.82, 2.24) is 4.90 Å². The predicted molar refractivity (Wildman–Crippen MR) is 92.3 cm³/mol. The van der Waals surface area contributed by atoms with Gasteiger partial charge in [0.2, 0.25) is 0 Å². The van der Waals surface area contributed by atoms with Crippen LogP contribution in [0.1, 0.15) is 25.7 Å². The Labute approximate surface area is 142 Å². The molecule has 0 aromatic heterocycles. The van der Waals surface area contributed by atoms with Gasteiger partial charge in [0.05, 0.1) is 13.2 Å². The Hall–Kier alpha value is -1.79. The summed E-state index contributed by atoms with van der Waals surface area (Å²) in [6.45, 7) is 4.91. The van der Waals surface area contributed by atoms with Crippen LogP contribution in [0.3, 0.4) is 0 Å². The van der Waals surface area contributed by atoms with Gasteiger partial charge in [-0.3, -0.25) is 0 Å². The predicted octanol–water partition coefficient (Wildman–Crippen LogP) is 2.66. The lowest BCUT2D eigenvalue weighted by Crippen LogP contribution is -2.48. The van der Waals surface area contributed by atoms with E-state index in [0.717, 1.165) is 31.6 Å². The van der Waals surface area contributed by atoms with Crippen LogP contribution in [0.4, 0.5) is 16.2 Å². The van der Waals surface area contributed by atoms with Gasteiger partial charge >= 0.3 is 6.03 Å². The summed E-state index contributed by atoms with van der Waals surface area (Å²) in [5.41, 5.74) is 2.08. The van der Waals surface area contributed by atoms with E-state index < -0.39 is 5.79 Å². The Kier molecular flexibility index (Phi) is 4.33. The van der Waals surface area contributed by atoms with Crippen molar-refractivity contribution in [3.8, 4) is 0 Å². The molecule has 0 bridgehead atoms. The van der Waals surface area contributed by atoms with Gasteiger partial charge in [-0.25, -0.2) is 4.79 Å². The fraction of sp³-hybridized carbons (Fsp3) is 0.611. The molecule has 1 aromatic rings. The number of hydrogen-bond donors (Lipinski definition) is 1. The fourth-order valence-electron chi connectivity index (χ4n) is 3.77. The number of ether oxygens (including phenoxy) is 2. The average Bonchev–Trinajstić information content (AvgIpc) is 3.29. The van der Waals surface area contributed by atoms with Crippen molar-refractivity contribution in [2.24, 2.45) is 0 Å². The number of rotatable bonds is 2. The van der Waals surface area contributed by atoms with E-state index >= 15 is 0 Å². The molecule has 130 valence electrons. The van der Waals surface area contributed by atoms with Crippen LogP contribution in [0, 0.1) is 0 Å². The lowest BCUT2D eigenvalue weighted by atomic mass is 10.0. The van der Waals surface area contributed by atoms with Gasteiger partial charge in [-0.2, -0.15) is 0 Å². The monoisotopic (exact) mass is 331 g/mol. The van der Waals surface area contributed by atoms with E-state index in [0.29, 0.717) is 26.3 Å². The van der Waals surface area contributed by atoms with Crippen molar-refractivity contribution >= 4 is 17.4 Å². The SMILES string of the molecule is O=C(Nc1ccc(N2CCCC2)cc1)N1CCC2(CC1)OCCO2. The van der Waals surface area contributed by atoms with E-state index in [1.165, 1.54) is 18.5 Å². The fourth-order valence-corrected chi connectivity index (χ4v) is 3.77. The molecule has 4 rings (SSSR count). The lowest BCUT2D eigenvalue weighted by molar-refractivity contribution is -0.181. The summed E-state index contributed by atoms with van der Waals surface area (Å²) in [6.07, 6.45) is 4.02. The molecule has 1 spiro atoms. The summed E-state index contributed by atoms with van der Waals surface area (Å²) in [4.78, 5) is 16.7. The van der Waals surface area contributed by atoms with Crippen LogP contribution in [-0.4, -0.2) is 56.1 Å². The third kappa shape index (κ3) is 3.21. The molecule has 0 aliphatic carbocycles. The van der Waals surface area contributed by atoms with Gasteiger partial charge in [0.15, 0.2) is 5.79 Å². The molecule has 3 fully saturated rings. The Balaban J connectivity index is 1.31. The summed E-state index contributed by atoms with van der Waals surface area (Å²) in [7, 11) is 0. The highest BCUT2D eigenvalue weighted by atomic mass is 16.7. The van der Waals surface area contributed by atoms with E-state index in [1.807, 2.05) is 17.0 Å². The van der Waals surface area contributed by atoms with Gasteiger partial charge in [0, 0.05) is 50.4 Å². The quantitative estimate of drug-likeness (QED) is 0.905. The normalized spacial score (nSPS) is 23.0. The minimum absolute atomic E-state index is 0.0447. The zero-order valence-corrected chi connectivity index (χ0v) is 14.0. The first kappa shape index (κ1) is 15.7. The molecule has 3 heterocycles. The van der Waals surface area contributed by atoms with Crippen LogP contribution in [-0.2, 0) is 9.47 Å². The van der Waals surface area contributed by atoms with E-state index in [1.54, 1.807) is 0 Å². The topological polar surface area (TPSA) is 54.0 Å². The summed E-state index contributed by atoms with van der Waals surface area (Å²) in [5, 5.41) is 3.00. The second-order valence-electron chi connectivity index (χ2n) is 6.77. The van der Waals surface area contributed by atoms with Gasteiger partial charge in [0.1, 0.15) is 0 Å². The Morgan fingerprint density at radius 2 is 1.58 bits per heavy atom. The summed E-state index contributed by atoms with van der Waals surface area (Å²) < 4.78 is 11.4. The van der Waals surface area contributed by atoms with Crippen molar-refractivity contribution in [3.63, 3.8) is 0 Å². The van der Waals surface area contributed by atoms with Gasteiger partial charge in [0.25, 0.3) is 0 Å². The van der Waals surface area contributed by atoms with Crippen molar-refractivity contribution in [2.45, 2.75) is 31.5 Å². The van der Waals surface area contributed by atoms with Crippen LogP contribution in [0.15, 0.2) is 24.3 Å². The van der Waals surface area contributed by atoms with Gasteiger partial charge in [-0.15, -0.1) is 0 Å². The van der Waals surface area contributed by atoms with E-state index in [-0.39, 0.29) is 6.03 Å². The number of nitrogens with one attached hydrogen (secondary N) is 1.